The molecule has 7 nitrogen and oxygen atoms in total. The van der Waals surface area contributed by atoms with Crippen LogP contribution in [0.25, 0.3) is 0 Å². The first-order chi connectivity index (χ1) is 13.2. The predicted octanol–water partition coefficient (Wildman–Crippen LogP) is 2.39. The summed E-state index contributed by atoms with van der Waals surface area (Å²) in [6, 6.07) is 13.1. The summed E-state index contributed by atoms with van der Waals surface area (Å²) >= 11 is 0. The van der Waals surface area contributed by atoms with Crippen molar-refractivity contribution in [1.29, 1.82) is 0 Å². The number of amides is 2. The second-order valence-corrected chi connectivity index (χ2v) is 8.27. The summed E-state index contributed by atoms with van der Waals surface area (Å²) in [5, 5.41) is 2.73. The first kappa shape index (κ1) is 21.6. The van der Waals surface area contributed by atoms with Crippen LogP contribution >= 0.6 is 0 Å². The fourth-order valence-electron chi connectivity index (χ4n) is 2.46. The lowest BCUT2D eigenvalue weighted by molar-refractivity contribution is -0.116. The van der Waals surface area contributed by atoms with Gasteiger partial charge in [0.15, 0.2) is 0 Å². The highest BCUT2D eigenvalue weighted by molar-refractivity contribution is 7.89. The zero-order valence-electron chi connectivity index (χ0n) is 16.2. The van der Waals surface area contributed by atoms with Crippen LogP contribution in [0.2, 0.25) is 0 Å². The number of hydrogen-bond acceptors (Lipinski definition) is 4. The van der Waals surface area contributed by atoms with Gasteiger partial charge in [0.2, 0.25) is 15.9 Å². The van der Waals surface area contributed by atoms with Gasteiger partial charge in [-0.2, -0.15) is 0 Å². The molecule has 2 aromatic rings. The van der Waals surface area contributed by atoms with Crippen molar-refractivity contribution in [2.24, 2.45) is 0 Å². The molecule has 0 aromatic heterocycles. The highest BCUT2D eigenvalue weighted by Crippen LogP contribution is 2.13. The number of nitrogens with zero attached hydrogens (tertiary/aromatic N) is 1. The summed E-state index contributed by atoms with van der Waals surface area (Å²) in [4.78, 5) is 26.0. The van der Waals surface area contributed by atoms with Gasteiger partial charge in [0.05, 0.1) is 11.4 Å². The molecule has 0 bridgehead atoms. The number of nitrogens with one attached hydrogen (secondary N) is 2. The molecular weight excluding hydrogens is 378 g/mol. The van der Waals surface area contributed by atoms with Crippen molar-refractivity contribution in [3.63, 3.8) is 0 Å². The van der Waals surface area contributed by atoms with Gasteiger partial charge in [-0.3, -0.25) is 9.59 Å². The lowest BCUT2D eigenvalue weighted by Crippen LogP contribution is -2.35. The molecular formula is C20H25N3O4S. The molecule has 2 amide bonds. The molecule has 28 heavy (non-hydrogen) atoms. The van der Waals surface area contributed by atoms with E-state index in [1.807, 2.05) is 26.0 Å². The normalized spacial score (nSPS) is 11.1. The lowest BCUT2D eigenvalue weighted by atomic mass is 10.2. The van der Waals surface area contributed by atoms with Gasteiger partial charge in [0.1, 0.15) is 0 Å². The minimum atomic E-state index is -3.67. The van der Waals surface area contributed by atoms with Crippen LogP contribution < -0.4 is 10.0 Å². The Bertz CT molecular complexity index is 940. The van der Waals surface area contributed by atoms with E-state index < -0.39 is 15.9 Å². The van der Waals surface area contributed by atoms with E-state index in [4.69, 9.17) is 0 Å². The molecule has 0 radical (unpaired) electrons. The molecule has 0 heterocycles. The van der Waals surface area contributed by atoms with Crippen molar-refractivity contribution in [2.75, 3.05) is 25.5 Å². The molecule has 2 aromatic carbocycles. The molecule has 150 valence electrons. The number of likely N-dealkylation sites (N-methyl/N-ethyl adjacent to an activating group) is 1. The average Bonchev–Trinajstić information content (AvgIpc) is 2.67. The van der Waals surface area contributed by atoms with Crippen molar-refractivity contribution in [3.8, 4) is 0 Å². The van der Waals surface area contributed by atoms with Crippen molar-refractivity contribution < 1.29 is 18.0 Å². The molecule has 0 saturated carbocycles. The van der Waals surface area contributed by atoms with E-state index >= 15 is 0 Å². The summed E-state index contributed by atoms with van der Waals surface area (Å²) in [7, 11) is -2.18. The predicted molar refractivity (Wildman–Crippen MR) is 109 cm³/mol. The highest BCUT2D eigenvalue weighted by Gasteiger charge is 2.19. The second-order valence-electron chi connectivity index (χ2n) is 6.50. The Morgan fingerprint density at radius 1 is 1.07 bits per heavy atom. The van der Waals surface area contributed by atoms with Gasteiger partial charge in [0.25, 0.3) is 5.91 Å². The third-order valence-electron chi connectivity index (χ3n) is 4.00. The molecule has 0 aliphatic rings. The van der Waals surface area contributed by atoms with E-state index in [-0.39, 0.29) is 22.9 Å². The highest BCUT2D eigenvalue weighted by atomic mass is 32.2. The van der Waals surface area contributed by atoms with Gasteiger partial charge in [-0.15, -0.1) is 0 Å². The number of sulfonamides is 1. The Balaban J connectivity index is 2.05. The quantitative estimate of drug-likeness (QED) is 0.707. The van der Waals surface area contributed by atoms with E-state index in [2.05, 4.69) is 10.0 Å². The monoisotopic (exact) mass is 403 g/mol. The largest absolute Gasteiger partial charge is 0.332 e. The molecule has 0 saturated heterocycles. The Hall–Kier alpha value is -2.71. The van der Waals surface area contributed by atoms with E-state index in [1.165, 1.54) is 36.2 Å². The molecule has 0 fully saturated rings. The van der Waals surface area contributed by atoms with Gasteiger partial charge in [-0.1, -0.05) is 30.7 Å². The van der Waals surface area contributed by atoms with Crippen molar-refractivity contribution in [2.45, 2.75) is 25.2 Å². The lowest BCUT2D eigenvalue weighted by Gasteiger charge is -2.17. The molecule has 0 unspecified atom stereocenters. The van der Waals surface area contributed by atoms with Crippen molar-refractivity contribution >= 4 is 27.5 Å². The first-order valence-electron chi connectivity index (χ1n) is 8.94. The molecule has 0 aliphatic carbocycles. The Morgan fingerprint density at radius 3 is 2.39 bits per heavy atom. The van der Waals surface area contributed by atoms with Crippen LogP contribution in [0.5, 0.6) is 0 Å². The molecule has 8 heteroatoms. The van der Waals surface area contributed by atoms with Crippen LogP contribution in [0, 0.1) is 6.92 Å². The van der Waals surface area contributed by atoms with Gasteiger partial charge in [-0.25, -0.2) is 13.1 Å². The zero-order chi connectivity index (χ0) is 20.7. The summed E-state index contributed by atoms with van der Waals surface area (Å²) in [6.45, 7) is 3.97. The number of benzene rings is 2. The number of rotatable bonds is 8. The Kier molecular flexibility index (Phi) is 7.31. The third-order valence-corrected chi connectivity index (χ3v) is 5.45. The van der Waals surface area contributed by atoms with Crippen LogP contribution in [-0.4, -0.2) is 45.3 Å². The summed E-state index contributed by atoms with van der Waals surface area (Å²) < 4.78 is 26.9. The van der Waals surface area contributed by atoms with Crippen LogP contribution in [0.4, 0.5) is 5.69 Å². The minimum Gasteiger partial charge on any atom is -0.332 e. The van der Waals surface area contributed by atoms with E-state index in [0.717, 1.165) is 5.56 Å². The second kappa shape index (κ2) is 9.48. The van der Waals surface area contributed by atoms with Gasteiger partial charge >= 0.3 is 0 Å². The maximum atomic E-state index is 12.6. The maximum Gasteiger partial charge on any atom is 0.254 e. The molecule has 0 spiro atoms. The maximum absolute atomic E-state index is 12.6. The summed E-state index contributed by atoms with van der Waals surface area (Å²) in [6.07, 6.45) is 0.663. The van der Waals surface area contributed by atoms with E-state index in [9.17, 15) is 18.0 Å². The Labute approximate surface area is 165 Å². The third kappa shape index (κ3) is 5.90. The fourth-order valence-corrected chi connectivity index (χ4v) is 3.64. The number of aryl methyl sites for hydroxylation is 1. The minimum absolute atomic E-state index is 0.0179. The molecule has 0 atom stereocenters. The van der Waals surface area contributed by atoms with E-state index in [1.54, 1.807) is 12.1 Å². The average molecular weight is 404 g/mol. The van der Waals surface area contributed by atoms with E-state index in [0.29, 0.717) is 18.7 Å². The van der Waals surface area contributed by atoms with Gasteiger partial charge in [-0.05, 0) is 43.7 Å². The van der Waals surface area contributed by atoms with Crippen molar-refractivity contribution in [1.82, 2.24) is 9.62 Å². The number of carbonyl (C=O) groups excluding carboxylic acids is 2. The smallest absolute Gasteiger partial charge is 0.254 e. The first-order valence-corrected chi connectivity index (χ1v) is 10.4. The molecule has 0 aliphatic heterocycles. The van der Waals surface area contributed by atoms with Crippen molar-refractivity contribution in [3.05, 3.63) is 59.7 Å². The number of hydrogen-bond donors (Lipinski definition) is 2. The molecule has 2 rings (SSSR count). The fraction of sp³-hybridized carbons (Fsp3) is 0.300. The summed E-state index contributed by atoms with van der Waals surface area (Å²) in [5.74, 6) is -0.778. The van der Waals surface area contributed by atoms with Crippen LogP contribution in [0.15, 0.2) is 53.4 Å². The zero-order valence-corrected chi connectivity index (χ0v) is 17.0. The van der Waals surface area contributed by atoms with Gasteiger partial charge in [0, 0.05) is 24.8 Å². The number of carbonyl (C=O) groups is 2. The SMILES string of the molecule is CCCNS(=O)(=O)c1cccc(C(=O)N(C)CC(=O)Nc2ccc(C)cc2)c1. The van der Waals surface area contributed by atoms with Gasteiger partial charge < -0.3 is 10.2 Å². The van der Waals surface area contributed by atoms with Crippen LogP contribution in [0.3, 0.4) is 0 Å². The summed E-state index contributed by atoms with van der Waals surface area (Å²) in [5.41, 5.74) is 1.92. The molecule has 2 N–H and O–H groups in total. The van der Waals surface area contributed by atoms with Crippen LogP contribution in [0.1, 0.15) is 29.3 Å². The van der Waals surface area contributed by atoms with Crippen LogP contribution in [-0.2, 0) is 14.8 Å². The topological polar surface area (TPSA) is 95.6 Å². The Morgan fingerprint density at radius 2 is 1.75 bits per heavy atom. The standard InChI is InChI=1S/C20H25N3O4S/c1-4-12-21-28(26,27)18-7-5-6-16(13-18)20(25)23(3)14-19(24)22-17-10-8-15(2)9-11-17/h5-11,13,21H,4,12,14H2,1-3H3,(H,22,24). The number of anilines is 1.